The smallest absolute Gasteiger partial charge is 0.306 e. The number of hydrogen-bond donors (Lipinski definition) is 0. The fraction of sp³-hybridized carbons (Fsp3) is 0.955. The number of esters is 3. The van der Waals surface area contributed by atoms with E-state index in [9.17, 15) is 14.4 Å². The van der Waals surface area contributed by atoms with Crippen molar-refractivity contribution in [1.29, 1.82) is 0 Å². The van der Waals surface area contributed by atoms with Crippen LogP contribution in [0.2, 0.25) is 0 Å². The van der Waals surface area contributed by atoms with Gasteiger partial charge in [-0.3, -0.25) is 14.4 Å². The van der Waals surface area contributed by atoms with E-state index in [0.29, 0.717) is 19.3 Å². The summed E-state index contributed by atoms with van der Waals surface area (Å²) in [5, 5.41) is 0. The second-order valence-corrected chi connectivity index (χ2v) is 24.0. The Balaban J connectivity index is 4.24. The summed E-state index contributed by atoms with van der Waals surface area (Å²) in [4.78, 5) is 38.3. The van der Waals surface area contributed by atoms with Gasteiger partial charge >= 0.3 is 17.9 Å². The Kier molecular flexibility index (Phi) is 55.9. The van der Waals surface area contributed by atoms with Gasteiger partial charge in [0.15, 0.2) is 6.10 Å². The summed E-state index contributed by atoms with van der Waals surface area (Å²) in [6.07, 6.45) is 62.5. The third-order valence-electron chi connectivity index (χ3n) is 15.5. The van der Waals surface area contributed by atoms with Gasteiger partial charge in [-0.1, -0.05) is 330 Å². The third kappa shape index (κ3) is 57.7. The van der Waals surface area contributed by atoms with Crippen molar-refractivity contribution in [2.45, 2.75) is 375 Å². The lowest BCUT2D eigenvalue weighted by molar-refractivity contribution is -0.167. The molecule has 0 N–H and O–H groups in total. The molecule has 0 aromatic rings. The van der Waals surface area contributed by atoms with Crippen LogP contribution in [0.5, 0.6) is 0 Å². The van der Waals surface area contributed by atoms with Crippen LogP contribution in [0.15, 0.2) is 0 Å². The highest BCUT2D eigenvalue weighted by Crippen LogP contribution is 2.20. The van der Waals surface area contributed by atoms with Gasteiger partial charge in [0.2, 0.25) is 0 Å². The quantitative estimate of drug-likeness (QED) is 0.0343. The Hall–Kier alpha value is -1.59. The minimum absolute atomic E-state index is 0.0626. The van der Waals surface area contributed by atoms with Crippen LogP contribution in [0, 0.1) is 17.8 Å². The van der Waals surface area contributed by atoms with Crippen molar-refractivity contribution in [3.63, 3.8) is 0 Å². The molecule has 0 bridgehead atoms. The van der Waals surface area contributed by atoms with Gasteiger partial charge in [0, 0.05) is 19.3 Å². The van der Waals surface area contributed by atoms with Gasteiger partial charge < -0.3 is 14.2 Å². The first kappa shape index (κ1) is 70.4. The first-order valence-electron chi connectivity index (χ1n) is 32.6. The van der Waals surface area contributed by atoms with E-state index in [4.69, 9.17) is 14.2 Å². The van der Waals surface area contributed by atoms with Gasteiger partial charge in [-0.05, 0) is 37.0 Å². The normalized spacial score (nSPS) is 12.5. The number of unbranched alkanes of at least 4 members (excludes halogenated alkanes) is 41. The highest BCUT2D eigenvalue weighted by molar-refractivity contribution is 5.71. The molecule has 6 nitrogen and oxygen atoms in total. The second kappa shape index (κ2) is 57.1. The average Bonchev–Trinajstić information content (AvgIpc) is 3.36. The van der Waals surface area contributed by atoms with Crippen molar-refractivity contribution >= 4 is 17.9 Å². The molecule has 0 amide bonds. The molecule has 0 saturated carbocycles. The molecule has 72 heavy (non-hydrogen) atoms. The minimum Gasteiger partial charge on any atom is -0.462 e. The highest BCUT2D eigenvalue weighted by atomic mass is 16.6. The monoisotopic (exact) mass is 1020 g/mol. The summed E-state index contributed by atoms with van der Waals surface area (Å²) in [6, 6.07) is 0. The van der Waals surface area contributed by atoms with Crippen LogP contribution in [0.1, 0.15) is 369 Å². The van der Waals surface area contributed by atoms with Crippen molar-refractivity contribution in [3.8, 4) is 0 Å². The van der Waals surface area contributed by atoms with Gasteiger partial charge in [-0.15, -0.1) is 0 Å². The van der Waals surface area contributed by atoms with E-state index in [2.05, 4.69) is 41.5 Å². The van der Waals surface area contributed by atoms with Crippen molar-refractivity contribution in [2.75, 3.05) is 13.2 Å². The lowest BCUT2D eigenvalue weighted by atomic mass is 9.99. The lowest BCUT2D eigenvalue weighted by Gasteiger charge is -2.18. The molecule has 0 heterocycles. The van der Waals surface area contributed by atoms with Gasteiger partial charge in [0.1, 0.15) is 13.2 Å². The first-order chi connectivity index (χ1) is 35.1. The molecular weight excluding hydrogens is 889 g/mol. The number of carbonyl (C=O) groups is 3. The van der Waals surface area contributed by atoms with Crippen molar-refractivity contribution in [1.82, 2.24) is 0 Å². The molecule has 2 atom stereocenters. The van der Waals surface area contributed by atoms with Crippen LogP contribution < -0.4 is 0 Å². The van der Waals surface area contributed by atoms with Crippen LogP contribution in [0.4, 0.5) is 0 Å². The van der Waals surface area contributed by atoms with E-state index in [1.165, 1.54) is 250 Å². The fourth-order valence-electron chi connectivity index (χ4n) is 10.2. The summed E-state index contributed by atoms with van der Waals surface area (Å²) < 4.78 is 17.0. The predicted molar refractivity (Wildman–Crippen MR) is 312 cm³/mol. The van der Waals surface area contributed by atoms with Gasteiger partial charge in [0.25, 0.3) is 0 Å². The maximum atomic E-state index is 12.9. The molecule has 0 spiro atoms. The molecule has 0 aromatic heterocycles. The second-order valence-electron chi connectivity index (χ2n) is 24.0. The molecule has 0 aliphatic carbocycles. The molecule has 0 aliphatic heterocycles. The molecular formula is C66H128O6. The lowest BCUT2D eigenvalue weighted by Crippen LogP contribution is -2.30. The molecule has 428 valence electrons. The molecule has 0 fully saturated rings. The van der Waals surface area contributed by atoms with Crippen LogP contribution in [0.3, 0.4) is 0 Å². The van der Waals surface area contributed by atoms with E-state index in [0.717, 1.165) is 75.5 Å². The SMILES string of the molecule is CCC(C)CCCCCCCCCCCCCCCCCCCCC(=O)OC[C@@H](COC(=O)CCCCCCCCCCCCC(C)C)OC(=O)CCCCCCCCCCCCCCCCCCC(C)C. The Bertz CT molecular complexity index is 1120. The summed E-state index contributed by atoms with van der Waals surface area (Å²) in [6.45, 7) is 13.8. The Labute approximate surface area is 450 Å². The first-order valence-corrected chi connectivity index (χ1v) is 32.6. The van der Waals surface area contributed by atoms with E-state index in [1.54, 1.807) is 0 Å². The standard InChI is InChI=1S/C66H128O6/c1-7-62(6)54-48-42-36-30-23-19-15-10-8-9-11-16-20-24-31-37-43-49-55-64(67)70-58-63(59-71-65(68)56-50-44-38-32-27-26-29-35-41-47-53-61(4)5)72-66(69)57-51-45-39-33-25-21-17-13-12-14-18-22-28-34-40-46-52-60(2)3/h60-63H,7-59H2,1-6H3/t62?,63-/m0/s1. The molecule has 0 radical (unpaired) electrons. The van der Waals surface area contributed by atoms with E-state index < -0.39 is 6.10 Å². The van der Waals surface area contributed by atoms with Crippen molar-refractivity contribution in [3.05, 3.63) is 0 Å². The summed E-state index contributed by atoms with van der Waals surface area (Å²) in [5.41, 5.74) is 0. The van der Waals surface area contributed by atoms with Crippen LogP contribution in [-0.2, 0) is 28.6 Å². The number of hydrogen-bond acceptors (Lipinski definition) is 6. The molecule has 6 heteroatoms. The Morgan fingerprint density at radius 3 is 0.722 bits per heavy atom. The zero-order valence-corrected chi connectivity index (χ0v) is 49.7. The van der Waals surface area contributed by atoms with Crippen molar-refractivity contribution < 1.29 is 28.6 Å². The topological polar surface area (TPSA) is 78.9 Å². The van der Waals surface area contributed by atoms with E-state index in [-0.39, 0.29) is 31.1 Å². The Morgan fingerprint density at radius 1 is 0.278 bits per heavy atom. The summed E-state index contributed by atoms with van der Waals surface area (Å²) >= 11 is 0. The molecule has 1 unspecified atom stereocenters. The number of carbonyl (C=O) groups excluding carboxylic acids is 3. The maximum absolute atomic E-state index is 12.9. The maximum Gasteiger partial charge on any atom is 0.306 e. The van der Waals surface area contributed by atoms with Gasteiger partial charge in [0.05, 0.1) is 0 Å². The van der Waals surface area contributed by atoms with Crippen LogP contribution in [0.25, 0.3) is 0 Å². The van der Waals surface area contributed by atoms with E-state index >= 15 is 0 Å². The van der Waals surface area contributed by atoms with Crippen LogP contribution in [-0.4, -0.2) is 37.2 Å². The third-order valence-corrected chi connectivity index (χ3v) is 15.5. The molecule has 0 aliphatic rings. The molecule has 0 aromatic carbocycles. The van der Waals surface area contributed by atoms with Crippen molar-refractivity contribution in [2.24, 2.45) is 17.8 Å². The van der Waals surface area contributed by atoms with E-state index in [1.807, 2.05) is 0 Å². The van der Waals surface area contributed by atoms with Gasteiger partial charge in [-0.2, -0.15) is 0 Å². The number of ether oxygens (including phenoxy) is 3. The summed E-state index contributed by atoms with van der Waals surface area (Å²) in [5.74, 6) is 1.74. The largest absolute Gasteiger partial charge is 0.462 e. The average molecular weight is 1020 g/mol. The molecule has 0 rings (SSSR count). The van der Waals surface area contributed by atoms with Crippen LogP contribution >= 0.6 is 0 Å². The number of rotatable bonds is 59. The molecule has 0 saturated heterocycles. The van der Waals surface area contributed by atoms with Gasteiger partial charge in [-0.25, -0.2) is 0 Å². The highest BCUT2D eigenvalue weighted by Gasteiger charge is 2.19. The Morgan fingerprint density at radius 2 is 0.486 bits per heavy atom. The zero-order chi connectivity index (χ0) is 52.6. The minimum atomic E-state index is -0.765. The summed E-state index contributed by atoms with van der Waals surface area (Å²) in [7, 11) is 0. The fourth-order valence-corrected chi connectivity index (χ4v) is 10.2. The zero-order valence-electron chi connectivity index (χ0n) is 49.7. The predicted octanol–water partition coefficient (Wildman–Crippen LogP) is 21.8.